The van der Waals surface area contributed by atoms with Gasteiger partial charge in [-0.2, -0.15) is 5.10 Å². The first-order valence-electron chi connectivity index (χ1n) is 8.35. The van der Waals surface area contributed by atoms with Crippen LogP contribution < -0.4 is 5.32 Å². The molecule has 0 radical (unpaired) electrons. The molecule has 22 heavy (non-hydrogen) atoms. The summed E-state index contributed by atoms with van der Waals surface area (Å²) in [4.78, 5) is 12.5. The van der Waals surface area contributed by atoms with Crippen LogP contribution in [-0.4, -0.2) is 32.9 Å². The van der Waals surface area contributed by atoms with Gasteiger partial charge in [0.15, 0.2) is 0 Å². The van der Waals surface area contributed by atoms with Gasteiger partial charge in [0.1, 0.15) is 0 Å². The molecule has 0 bridgehead atoms. The summed E-state index contributed by atoms with van der Waals surface area (Å²) in [6, 6.07) is 0.250. The highest BCUT2D eigenvalue weighted by molar-refractivity contribution is 5.95. The molecular weight excluding hydrogens is 278 g/mol. The molecule has 2 atom stereocenters. The Balaban J connectivity index is 2.10. The van der Waals surface area contributed by atoms with Gasteiger partial charge in [-0.1, -0.05) is 20.3 Å². The molecule has 0 saturated heterocycles. The van der Waals surface area contributed by atoms with Gasteiger partial charge >= 0.3 is 0 Å². The maximum Gasteiger partial charge on any atom is 0.254 e. The van der Waals surface area contributed by atoms with Gasteiger partial charge in [0.2, 0.25) is 0 Å². The van der Waals surface area contributed by atoms with E-state index in [4.69, 9.17) is 0 Å². The van der Waals surface area contributed by atoms with Crippen molar-refractivity contribution in [2.45, 2.75) is 71.4 Å². The zero-order chi connectivity index (χ0) is 16.5. The average molecular weight is 307 g/mol. The molecule has 1 fully saturated rings. The second kappa shape index (κ2) is 6.41. The smallest absolute Gasteiger partial charge is 0.254 e. The fourth-order valence-corrected chi connectivity index (χ4v) is 2.69. The highest BCUT2D eigenvalue weighted by Gasteiger charge is 2.34. The summed E-state index contributed by atoms with van der Waals surface area (Å²) in [5.74, 6) is 0.465. The Kier molecular flexibility index (Phi) is 4.95. The third-order valence-electron chi connectivity index (χ3n) is 4.81. The quantitative estimate of drug-likeness (QED) is 0.814. The summed E-state index contributed by atoms with van der Waals surface area (Å²) >= 11 is 0. The number of carbonyl (C=O) groups excluding carboxylic acids is 1. The molecule has 2 unspecified atom stereocenters. The molecule has 1 aliphatic carbocycles. The Labute approximate surface area is 133 Å². The number of amides is 1. The van der Waals surface area contributed by atoms with E-state index in [2.05, 4.69) is 24.3 Å². The summed E-state index contributed by atoms with van der Waals surface area (Å²) in [5, 5.41) is 17.7. The van der Waals surface area contributed by atoms with Crippen LogP contribution in [0.2, 0.25) is 0 Å². The van der Waals surface area contributed by atoms with E-state index in [9.17, 15) is 9.90 Å². The van der Waals surface area contributed by atoms with E-state index in [-0.39, 0.29) is 24.4 Å². The van der Waals surface area contributed by atoms with Gasteiger partial charge in [-0.05, 0) is 39.5 Å². The molecular formula is C17H29N3O2. The lowest BCUT2D eigenvalue weighted by molar-refractivity contribution is 0.00591. The minimum atomic E-state index is -0.891. The molecule has 2 N–H and O–H groups in total. The Bertz CT molecular complexity index is 530. The zero-order valence-electron chi connectivity index (χ0n) is 14.4. The van der Waals surface area contributed by atoms with E-state index in [1.165, 1.54) is 0 Å². The molecule has 1 aromatic rings. The number of rotatable bonds is 7. The van der Waals surface area contributed by atoms with Gasteiger partial charge in [0.05, 0.1) is 23.1 Å². The molecule has 124 valence electrons. The first kappa shape index (κ1) is 17.0. The lowest BCUT2D eigenvalue weighted by Crippen LogP contribution is -2.45. The van der Waals surface area contributed by atoms with E-state index < -0.39 is 5.60 Å². The van der Waals surface area contributed by atoms with Gasteiger partial charge in [-0.3, -0.25) is 9.48 Å². The van der Waals surface area contributed by atoms with Crippen LogP contribution in [0.25, 0.3) is 0 Å². The summed E-state index contributed by atoms with van der Waals surface area (Å²) in [6.07, 6.45) is 4.80. The third kappa shape index (κ3) is 3.51. The Morgan fingerprint density at radius 3 is 2.64 bits per heavy atom. The number of hydrogen-bond donors (Lipinski definition) is 2. The van der Waals surface area contributed by atoms with E-state index in [1.807, 2.05) is 18.5 Å². The second-order valence-corrected chi connectivity index (χ2v) is 7.11. The summed E-state index contributed by atoms with van der Waals surface area (Å²) < 4.78 is 1.96. The van der Waals surface area contributed by atoms with E-state index in [0.29, 0.717) is 11.5 Å². The molecule has 2 rings (SSSR count). The molecule has 0 aromatic carbocycles. The molecule has 0 aliphatic heterocycles. The lowest BCUT2D eigenvalue weighted by atomic mass is 9.88. The van der Waals surface area contributed by atoms with Crippen molar-refractivity contribution >= 4 is 5.91 Å². The minimum absolute atomic E-state index is 0.127. The number of aliphatic hydroxyl groups is 1. The highest BCUT2D eigenvalue weighted by atomic mass is 16.3. The number of nitrogens with one attached hydrogen (secondary N) is 1. The number of nitrogens with zero attached hydrogens (tertiary/aromatic N) is 2. The monoisotopic (exact) mass is 307 g/mol. The van der Waals surface area contributed by atoms with Crippen molar-refractivity contribution in [3.8, 4) is 0 Å². The largest absolute Gasteiger partial charge is 0.388 e. The summed E-state index contributed by atoms with van der Waals surface area (Å²) in [5.41, 5.74) is 0.824. The van der Waals surface area contributed by atoms with Gasteiger partial charge in [-0.15, -0.1) is 0 Å². The van der Waals surface area contributed by atoms with Crippen molar-refractivity contribution in [3.63, 3.8) is 0 Å². The van der Waals surface area contributed by atoms with Crippen LogP contribution in [0.5, 0.6) is 0 Å². The van der Waals surface area contributed by atoms with E-state index in [0.717, 1.165) is 25.0 Å². The second-order valence-electron chi connectivity index (χ2n) is 7.11. The number of aromatic nitrogens is 2. The lowest BCUT2D eigenvalue weighted by Gasteiger charge is -2.29. The van der Waals surface area contributed by atoms with Crippen LogP contribution in [-0.2, 0) is 0 Å². The van der Waals surface area contributed by atoms with E-state index >= 15 is 0 Å². The predicted molar refractivity (Wildman–Crippen MR) is 87.0 cm³/mol. The van der Waals surface area contributed by atoms with Crippen molar-refractivity contribution in [2.75, 3.05) is 6.54 Å². The average Bonchev–Trinajstić information content (AvgIpc) is 3.21. The Hall–Kier alpha value is -1.36. The van der Waals surface area contributed by atoms with Crippen molar-refractivity contribution in [3.05, 3.63) is 17.5 Å². The van der Waals surface area contributed by atoms with Crippen LogP contribution in [0.1, 0.15) is 81.9 Å². The molecule has 5 nitrogen and oxygen atoms in total. The first-order chi connectivity index (χ1) is 10.3. The van der Waals surface area contributed by atoms with Crippen LogP contribution in [0.3, 0.4) is 0 Å². The topological polar surface area (TPSA) is 67.2 Å². The first-order valence-corrected chi connectivity index (χ1v) is 8.35. The molecule has 1 heterocycles. The normalized spacial score (nSPS) is 19.0. The molecule has 1 saturated carbocycles. The minimum Gasteiger partial charge on any atom is -0.388 e. The highest BCUT2D eigenvalue weighted by Crippen LogP contribution is 2.42. The Morgan fingerprint density at radius 1 is 1.50 bits per heavy atom. The van der Waals surface area contributed by atoms with E-state index in [1.54, 1.807) is 13.1 Å². The predicted octanol–water partition coefficient (Wildman–Crippen LogP) is 2.87. The van der Waals surface area contributed by atoms with Crippen LogP contribution in [0, 0.1) is 5.92 Å². The number of carbonyl (C=O) groups is 1. The van der Waals surface area contributed by atoms with Crippen LogP contribution >= 0.6 is 0 Å². The van der Waals surface area contributed by atoms with Crippen LogP contribution in [0.15, 0.2) is 6.20 Å². The summed E-state index contributed by atoms with van der Waals surface area (Å²) in [7, 11) is 0. The molecule has 1 aliphatic rings. The fraction of sp³-hybridized carbons (Fsp3) is 0.765. The molecule has 5 heteroatoms. The maximum absolute atomic E-state index is 12.5. The molecule has 1 aromatic heterocycles. The SMILES string of the molecule is CCC(C)C(C)(O)CNC(=O)c1cnn(C(C)C)c1C1CC1. The zero-order valence-corrected chi connectivity index (χ0v) is 14.4. The Morgan fingerprint density at radius 2 is 2.14 bits per heavy atom. The van der Waals surface area contributed by atoms with Gasteiger partial charge in [0.25, 0.3) is 5.91 Å². The van der Waals surface area contributed by atoms with Gasteiger partial charge in [0, 0.05) is 18.5 Å². The fourth-order valence-electron chi connectivity index (χ4n) is 2.69. The standard InChI is InChI=1S/C17H29N3O2/c1-6-12(4)17(5,22)10-18-16(21)14-9-19-20(11(2)3)15(14)13-7-8-13/h9,11-13,22H,6-8,10H2,1-5H3,(H,18,21). The van der Waals surface area contributed by atoms with Crippen molar-refractivity contribution in [1.29, 1.82) is 0 Å². The molecule has 1 amide bonds. The van der Waals surface area contributed by atoms with Crippen LogP contribution in [0.4, 0.5) is 0 Å². The van der Waals surface area contributed by atoms with Crippen molar-refractivity contribution in [1.82, 2.24) is 15.1 Å². The molecule has 0 spiro atoms. The van der Waals surface area contributed by atoms with Gasteiger partial charge in [-0.25, -0.2) is 0 Å². The maximum atomic E-state index is 12.5. The third-order valence-corrected chi connectivity index (χ3v) is 4.81. The van der Waals surface area contributed by atoms with Gasteiger partial charge < -0.3 is 10.4 Å². The van der Waals surface area contributed by atoms with Crippen molar-refractivity contribution < 1.29 is 9.90 Å². The van der Waals surface area contributed by atoms with Crippen molar-refractivity contribution in [2.24, 2.45) is 5.92 Å². The summed E-state index contributed by atoms with van der Waals surface area (Å²) in [6.45, 7) is 10.2. The number of hydrogen-bond acceptors (Lipinski definition) is 3.